The molecule has 0 saturated carbocycles. The predicted molar refractivity (Wildman–Crippen MR) is 189 cm³/mol. The van der Waals surface area contributed by atoms with Crippen LogP contribution in [0.3, 0.4) is 0 Å². The van der Waals surface area contributed by atoms with Gasteiger partial charge >= 0.3 is 0 Å². The molecule has 1 aromatic heterocycles. The van der Waals surface area contributed by atoms with Crippen LogP contribution in [0.15, 0.2) is 164 Å². The van der Waals surface area contributed by atoms with Crippen molar-refractivity contribution in [3.63, 3.8) is 0 Å². The van der Waals surface area contributed by atoms with Crippen LogP contribution in [0.2, 0.25) is 0 Å². The summed E-state index contributed by atoms with van der Waals surface area (Å²) >= 11 is 0. The minimum Gasteiger partial charge on any atom is -0.208 e. The minimum atomic E-state index is 0.649. The zero-order chi connectivity index (χ0) is 30.5. The van der Waals surface area contributed by atoms with Crippen LogP contribution < -0.4 is 0 Å². The number of fused-ring (bicyclic) bond motifs is 3. The van der Waals surface area contributed by atoms with E-state index in [2.05, 4.69) is 103 Å². The van der Waals surface area contributed by atoms with Gasteiger partial charge in [-0.2, -0.15) is 0 Å². The van der Waals surface area contributed by atoms with Crippen LogP contribution in [0.5, 0.6) is 0 Å². The summed E-state index contributed by atoms with van der Waals surface area (Å²) in [7, 11) is 0. The SMILES string of the molecule is c1ccc(-c2nc(-c3ccccc3)nc(-c3cccc(-c4cc(-c5ccccc5)c5c(c4)-c4cccc6cccc-5c46)c3)n2)cc1. The van der Waals surface area contributed by atoms with Gasteiger partial charge in [0.2, 0.25) is 0 Å². The predicted octanol–water partition coefficient (Wildman–Crippen LogP) is 11.0. The Balaban J connectivity index is 1.23. The second-order valence-corrected chi connectivity index (χ2v) is 11.6. The van der Waals surface area contributed by atoms with Gasteiger partial charge < -0.3 is 0 Å². The Morgan fingerprint density at radius 3 is 1.39 bits per heavy atom. The molecular formula is C43H27N3. The number of hydrogen-bond acceptors (Lipinski definition) is 3. The molecule has 7 aromatic carbocycles. The molecule has 1 aliphatic rings. The highest BCUT2D eigenvalue weighted by Crippen LogP contribution is 2.52. The smallest absolute Gasteiger partial charge is 0.164 e. The summed E-state index contributed by atoms with van der Waals surface area (Å²) in [5.74, 6) is 1.96. The van der Waals surface area contributed by atoms with E-state index in [9.17, 15) is 0 Å². The average Bonchev–Trinajstić information content (AvgIpc) is 3.47. The van der Waals surface area contributed by atoms with E-state index in [4.69, 9.17) is 15.0 Å². The molecule has 0 radical (unpaired) electrons. The van der Waals surface area contributed by atoms with Gasteiger partial charge in [-0.1, -0.05) is 146 Å². The van der Waals surface area contributed by atoms with Crippen molar-refractivity contribution in [3.8, 4) is 78.7 Å². The lowest BCUT2D eigenvalue weighted by Gasteiger charge is -2.15. The lowest BCUT2D eigenvalue weighted by atomic mass is 9.89. The van der Waals surface area contributed by atoms with Crippen LogP contribution in [0.1, 0.15) is 0 Å². The highest BCUT2D eigenvalue weighted by Gasteiger charge is 2.25. The molecule has 0 aliphatic heterocycles. The molecule has 214 valence electrons. The Morgan fingerprint density at radius 2 is 0.761 bits per heavy atom. The Bertz CT molecular complexity index is 2340. The van der Waals surface area contributed by atoms with E-state index < -0.39 is 0 Å². The van der Waals surface area contributed by atoms with Gasteiger partial charge in [0.15, 0.2) is 17.5 Å². The third-order valence-corrected chi connectivity index (χ3v) is 8.84. The first-order valence-electron chi connectivity index (χ1n) is 15.5. The van der Waals surface area contributed by atoms with E-state index in [-0.39, 0.29) is 0 Å². The van der Waals surface area contributed by atoms with Gasteiger partial charge in [-0.3, -0.25) is 0 Å². The Labute approximate surface area is 267 Å². The summed E-state index contributed by atoms with van der Waals surface area (Å²) in [6, 6.07) is 57.5. The molecule has 0 atom stereocenters. The molecule has 0 spiro atoms. The first kappa shape index (κ1) is 26.2. The molecule has 3 heteroatoms. The molecule has 0 bridgehead atoms. The van der Waals surface area contributed by atoms with Crippen LogP contribution in [0.25, 0.3) is 89.4 Å². The maximum Gasteiger partial charge on any atom is 0.164 e. The van der Waals surface area contributed by atoms with Gasteiger partial charge in [0.05, 0.1) is 0 Å². The normalized spacial score (nSPS) is 11.5. The number of nitrogens with zero attached hydrogens (tertiary/aromatic N) is 3. The number of rotatable bonds is 5. The fraction of sp³-hybridized carbons (Fsp3) is 0. The van der Waals surface area contributed by atoms with Crippen molar-refractivity contribution in [2.45, 2.75) is 0 Å². The van der Waals surface area contributed by atoms with E-state index in [0.29, 0.717) is 17.5 Å². The Morgan fingerprint density at radius 1 is 0.283 bits per heavy atom. The first-order chi connectivity index (χ1) is 22.8. The van der Waals surface area contributed by atoms with Crippen molar-refractivity contribution < 1.29 is 0 Å². The van der Waals surface area contributed by atoms with E-state index in [1.54, 1.807) is 0 Å². The molecule has 8 aromatic rings. The molecular weight excluding hydrogens is 558 g/mol. The summed E-state index contributed by atoms with van der Waals surface area (Å²) < 4.78 is 0. The Hall–Kier alpha value is -6.19. The number of aromatic nitrogens is 3. The quantitative estimate of drug-likeness (QED) is 0.202. The van der Waals surface area contributed by atoms with Gasteiger partial charge in [0, 0.05) is 16.7 Å². The molecule has 3 nitrogen and oxygen atoms in total. The zero-order valence-electron chi connectivity index (χ0n) is 24.9. The van der Waals surface area contributed by atoms with E-state index >= 15 is 0 Å². The van der Waals surface area contributed by atoms with E-state index in [1.165, 1.54) is 44.2 Å². The maximum atomic E-state index is 4.99. The summed E-state index contributed by atoms with van der Waals surface area (Å²) in [6.45, 7) is 0. The third-order valence-electron chi connectivity index (χ3n) is 8.84. The van der Waals surface area contributed by atoms with Crippen molar-refractivity contribution >= 4 is 10.8 Å². The molecule has 0 amide bonds. The molecule has 0 fully saturated rings. The monoisotopic (exact) mass is 585 g/mol. The fourth-order valence-corrected chi connectivity index (χ4v) is 6.71. The lowest BCUT2D eigenvalue weighted by Crippen LogP contribution is -2.00. The summed E-state index contributed by atoms with van der Waals surface area (Å²) in [4.78, 5) is 14.9. The van der Waals surface area contributed by atoms with Crippen LogP contribution in [0.4, 0.5) is 0 Å². The molecule has 9 rings (SSSR count). The summed E-state index contributed by atoms with van der Waals surface area (Å²) in [5, 5.41) is 2.60. The maximum absolute atomic E-state index is 4.99. The highest BCUT2D eigenvalue weighted by molar-refractivity contribution is 6.18. The van der Waals surface area contributed by atoms with Crippen molar-refractivity contribution in [1.82, 2.24) is 15.0 Å². The topological polar surface area (TPSA) is 38.7 Å². The Kier molecular flexibility index (Phi) is 6.14. The van der Waals surface area contributed by atoms with Gasteiger partial charge in [0.1, 0.15) is 0 Å². The molecule has 0 saturated heterocycles. The third kappa shape index (κ3) is 4.41. The van der Waals surface area contributed by atoms with Crippen LogP contribution in [0, 0.1) is 0 Å². The summed E-state index contributed by atoms with van der Waals surface area (Å²) in [5.41, 5.74) is 12.7. The lowest BCUT2D eigenvalue weighted by molar-refractivity contribution is 1.07. The van der Waals surface area contributed by atoms with Crippen LogP contribution in [-0.4, -0.2) is 15.0 Å². The van der Waals surface area contributed by atoms with Gasteiger partial charge in [-0.15, -0.1) is 0 Å². The molecule has 46 heavy (non-hydrogen) atoms. The van der Waals surface area contributed by atoms with Crippen molar-refractivity contribution in [2.75, 3.05) is 0 Å². The fourth-order valence-electron chi connectivity index (χ4n) is 6.71. The van der Waals surface area contributed by atoms with Crippen LogP contribution >= 0.6 is 0 Å². The van der Waals surface area contributed by atoms with Gasteiger partial charge in [-0.25, -0.2) is 15.0 Å². The number of hydrogen-bond donors (Lipinski definition) is 0. The molecule has 1 heterocycles. The molecule has 1 aliphatic carbocycles. The second kappa shape index (κ2) is 10.8. The minimum absolute atomic E-state index is 0.649. The van der Waals surface area contributed by atoms with Gasteiger partial charge in [-0.05, 0) is 73.5 Å². The average molecular weight is 586 g/mol. The zero-order valence-corrected chi connectivity index (χ0v) is 24.9. The molecule has 0 N–H and O–H groups in total. The van der Waals surface area contributed by atoms with E-state index in [0.717, 1.165) is 27.8 Å². The highest BCUT2D eigenvalue weighted by atomic mass is 15.0. The summed E-state index contributed by atoms with van der Waals surface area (Å²) in [6.07, 6.45) is 0. The van der Waals surface area contributed by atoms with Crippen molar-refractivity contribution in [3.05, 3.63) is 164 Å². The molecule has 0 unspecified atom stereocenters. The second-order valence-electron chi connectivity index (χ2n) is 11.6. The van der Waals surface area contributed by atoms with E-state index in [1.807, 2.05) is 60.7 Å². The van der Waals surface area contributed by atoms with Crippen molar-refractivity contribution in [1.29, 1.82) is 0 Å². The van der Waals surface area contributed by atoms with Crippen LogP contribution in [-0.2, 0) is 0 Å². The number of benzene rings is 7. The standard InChI is InChI=1S/C43H27N3/c1-4-13-28(14-5-1)37-26-34(27-38-35-23-11-19-29-20-12-24-36(39(29)35)40(37)38)32-21-10-22-33(25-32)43-45-41(30-15-6-2-7-16-30)44-42(46-43)31-17-8-3-9-18-31/h1-27H. The first-order valence-corrected chi connectivity index (χ1v) is 15.5. The van der Waals surface area contributed by atoms with Crippen molar-refractivity contribution in [2.24, 2.45) is 0 Å². The van der Waals surface area contributed by atoms with Gasteiger partial charge in [0.25, 0.3) is 0 Å². The largest absolute Gasteiger partial charge is 0.208 e.